The van der Waals surface area contributed by atoms with Gasteiger partial charge in [-0.05, 0) is 24.5 Å². The van der Waals surface area contributed by atoms with Gasteiger partial charge in [0.1, 0.15) is 0 Å². The van der Waals surface area contributed by atoms with Crippen molar-refractivity contribution in [3.63, 3.8) is 0 Å². The monoisotopic (exact) mass is 399 g/mol. The van der Waals surface area contributed by atoms with Crippen molar-refractivity contribution in [1.29, 1.82) is 0 Å². The lowest BCUT2D eigenvalue weighted by Gasteiger charge is -2.11. The summed E-state index contributed by atoms with van der Waals surface area (Å²) in [6, 6.07) is 3.22. The summed E-state index contributed by atoms with van der Waals surface area (Å²) in [6.07, 6.45) is -2.71. The first kappa shape index (κ1) is 18.4. The van der Waals surface area contributed by atoms with Crippen molar-refractivity contribution < 1.29 is 18.0 Å². The largest absolute Gasteiger partial charge is 0.417 e. The van der Waals surface area contributed by atoms with E-state index in [4.69, 9.17) is 11.6 Å². The first-order chi connectivity index (χ1) is 10.8. The lowest BCUT2D eigenvalue weighted by Crippen LogP contribution is -2.15. The van der Waals surface area contributed by atoms with Gasteiger partial charge in [-0.15, -0.1) is 10.2 Å². The number of hydrogen-bond acceptors (Lipinski definition) is 6. The van der Waals surface area contributed by atoms with Gasteiger partial charge in [-0.1, -0.05) is 46.5 Å². The van der Waals surface area contributed by atoms with Gasteiger partial charge in [-0.25, -0.2) is 0 Å². The lowest BCUT2D eigenvalue weighted by atomic mass is 10.2. The fourth-order valence-electron chi connectivity index (χ4n) is 1.48. The molecule has 1 aromatic heterocycles. The van der Waals surface area contributed by atoms with Crippen molar-refractivity contribution in [2.45, 2.75) is 14.9 Å². The molecule has 0 unspecified atom stereocenters. The molecule has 0 atom stereocenters. The Labute approximate surface area is 147 Å². The highest BCUT2D eigenvalue weighted by Crippen LogP contribution is 2.36. The molecule has 0 aliphatic heterocycles. The third-order valence-corrected chi connectivity index (χ3v) is 5.81. The van der Waals surface area contributed by atoms with E-state index in [0.29, 0.717) is 4.34 Å². The fraction of sp³-hybridized carbons (Fsp3) is 0.250. The molecule has 124 valence electrons. The van der Waals surface area contributed by atoms with Crippen LogP contribution in [0, 0.1) is 0 Å². The van der Waals surface area contributed by atoms with Gasteiger partial charge in [-0.3, -0.25) is 4.79 Å². The average Bonchev–Trinajstić information content (AvgIpc) is 2.94. The minimum absolute atomic E-state index is 0.0208. The number of alkyl halides is 3. The average molecular weight is 400 g/mol. The minimum Gasteiger partial charge on any atom is -0.325 e. The number of hydrogen-bond donors (Lipinski definition) is 1. The topological polar surface area (TPSA) is 54.9 Å². The highest BCUT2D eigenvalue weighted by atomic mass is 35.5. The SMILES string of the molecule is CSc1nnc(SCC(=O)Nc2ccc(Cl)c(C(F)(F)F)c2)s1. The van der Waals surface area contributed by atoms with Crippen LogP contribution in [0.1, 0.15) is 5.56 Å². The maximum absolute atomic E-state index is 12.8. The van der Waals surface area contributed by atoms with Crippen molar-refractivity contribution in [2.24, 2.45) is 0 Å². The zero-order valence-corrected chi connectivity index (χ0v) is 14.7. The van der Waals surface area contributed by atoms with Crippen LogP contribution >= 0.6 is 46.5 Å². The zero-order chi connectivity index (χ0) is 17.0. The maximum atomic E-state index is 12.8. The second-order valence-corrected chi connectivity index (χ2v) is 7.73. The van der Waals surface area contributed by atoms with Gasteiger partial charge in [0.05, 0.1) is 16.3 Å². The van der Waals surface area contributed by atoms with E-state index in [1.54, 1.807) is 0 Å². The van der Waals surface area contributed by atoms with Gasteiger partial charge in [0.2, 0.25) is 5.91 Å². The van der Waals surface area contributed by atoms with Crippen molar-refractivity contribution >= 4 is 58.1 Å². The Bertz CT molecular complexity index is 708. The maximum Gasteiger partial charge on any atom is 0.417 e. The molecule has 0 aliphatic rings. The highest BCUT2D eigenvalue weighted by Gasteiger charge is 2.33. The molecule has 0 aliphatic carbocycles. The summed E-state index contributed by atoms with van der Waals surface area (Å²) in [6.45, 7) is 0. The van der Waals surface area contributed by atoms with Crippen LogP contribution in [0.5, 0.6) is 0 Å². The molecule has 23 heavy (non-hydrogen) atoms. The number of amides is 1. The molecule has 1 amide bonds. The number of anilines is 1. The number of thioether (sulfide) groups is 2. The van der Waals surface area contributed by atoms with Gasteiger partial charge in [0.15, 0.2) is 8.68 Å². The normalized spacial score (nSPS) is 11.5. The van der Waals surface area contributed by atoms with E-state index in [0.717, 1.165) is 16.5 Å². The van der Waals surface area contributed by atoms with Crippen molar-refractivity contribution in [2.75, 3.05) is 17.3 Å². The van der Waals surface area contributed by atoms with Crippen LogP contribution < -0.4 is 5.32 Å². The molecule has 0 spiro atoms. The molecule has 1 N–H and O–H groups in total. The summed E-state index contributed by atoms with van der Waals surface area (Å²) in [5.74, 6) is -0.418. The second kappa shape index (κ2) is 7.73. The second-order valence-electron chi connectivity index (χ2n) is 4.07. The lowest BCUT2D eigenvalue weighted by molar-refractivity contribution is -0.137. The molecule has 1 aromatic carbocycles. The Hall–Kier alpha value is -0.970. The van der Waals surface area contributed by atoms with Crippen LogP contribution in [-0.4, -0.2) is 28.1 Å². The molecule has 0 saturated carbocycles. The Morgan fingerprint density at radius 2 is 2.04 bits per heavy atom. The first-order valence-electron chi connectivity index (χ1n) is 5.96. The number of aromatic nitrogens is 2. The Morgan fingerprint density at radius 3 is 2.65 bits per heavy atom. The predicted molar refractivity (Wildman–Crippen MR) is 87.5 cm³/mol. The molecule has 11 heteroatoms. The van der Waals surface area contributed by atoms with Crippen LogP contribution in [0.4, 0.5) is 18.9 Å². The van der Waals surface area contributed by atoms with Crippen molar-refractivity contribution in [3.8, 4) is 0 Å². The fourth-order valence-corrected chi connectivity index (χ4v) is 3.95. The van der Waals surface area contributed by atoms with E-state index in [1.807, 2.05) is 6.26 Å². The quantitative estimate of drug-likeness (QED) is 0.741. The molecule has 0 bridgehead atoms. The van der Waals surface area contributed by atoms with E-state index in [2.05, 4.69) is 15.5 Å². The Balaban J connectivity index is 1.97. The summed E-state index contributed by atoms with van der Waals surface area (Å²) in [5.41, 5.74) is -0.951. The summed E-state index contributed by atoms with van der Waals surface area (Å²) in [5, 5.41) is 9.76. The third kappa shape index (κ3) is 5.27. The summed E-state index contributed by atoms with van der Waals surface area (Å²) >= 11 is 9.48. The van der Waals surface area contributed by atoms with Crippen molar-refractivity contribution in [1.82, 2.24) is 10.2 Å². The number of rotatable bonds is 5. The van der Waals surface area contributed by atoms with Gasteiger partial charge in [-0.2, -0.15) is 13.2 Å². The van der Waals surface area contributed by atoms with E-state index in [9.17, 15) is 18.0 Å². The number of benzene rings is 1. The number of carbonyl (C=O) groups is 1. The Morgan fingerprint density at radius 1 is 1.35 bits per heavy atom. The molecule has 1 heterocycles. The number of carbonyl (C=O) groups excluding carboxylic acids is 1. The number of halogens is 4. The molecular weight excluding hydrogens is 391 g/mol. The highest BCUT2D eigenvalue weighted by molar-refractivity contribution is 8.03. The van der Waals surface area contributed by atoms with Crippen LogP contribution in [-0.2, 0) is 11.0 Å². The van der Waals surface area contributed by atoms with E-state index >= 15 is 0 Å². The van der Waals surface area contributed by atoms with E-state index < -0.39 is 22.7 Å². The standard InChI is InChI=1S/C12H9ClF3N3OS3/c1-21-10-18-19-11(23-10)22-5-9(20)17-6-2-3-8(13)7(4-6)12(14,15)16/h2-4H,5H2,1H3,(H,17,20). The minimum atomic E-state index is -4.58. The molecule has 2 rings (SSSR count). The van der Waals surface area contributed by atoms with Gasteiger partial charge >= 0.3 is 6.18 Å². The Kier molecular flexibility index (Phi) is 6.18. The van der Waals surface area contributed by atoms with E-state index in [-0.39, 0.29) is 11.4 Å². The van der Waals surface area contributed by atoms with Crippen LogP contribution in [0.15, 0.2) is 26.9 Å². The summed E-state index contributed by atoms with van der Waals surface area (Å²) in [4.78, 5) is 11.8. The molecule has 2 aromatic rings. The molecule has 0 fully saturated rings. The number of nitrogens with one attached hydrogen (secondary N) is 1. The molecule has 4 nitrogen and oxygen atoms in total. The smallest absolute Gasteiger partial charge is 0.325 e. The van der Waals surface area contributed by atoms with Crippen molar-refractivity contribution in [3.05, 3.63) is 28.8 Å². The van der Waals surface area contributed by atoms with E-state index in [1.165, 1.54) is 40.9 Å². The number of nitrogens with zero attached hydrogens (tertiary/aromatic N) is 2. The first-order valence-corrected chi connectivity index (χ1v) is 9.37. The van der Waals surface area contributed by atoms with Crippen LogP contribution in [0.2, 0.25) is 5.02 Å². The summed E-state index contributed by atoms with van der Waals surface area (Å²) in [7, 11) is 0. The summed E-state index contributed by atoms with van der Waals surface area (Å²) < 4.78 is 39.7. The van der Waals surface area contributed by atoms with Crippen LogP contribution in [0.3, 0.4) is 0 Å². The predicted octanol–water partition coefficient (Wildman–Crippen LogP) is 4.66. The van der Waals surface area contributed by atoms with Crippen LogP contribution in [0.25, 0.3) is 0 Å². The van der Waals surface area contributed by atoms with Gasteiger partial charge in [0, 0.05) is 5.69 Å². The third-order valence-electron chi connectivity index (χ3n) is 2.44. The van der Waals surface area contributed by atoms with Gasteiger partial charge in [0.25, 0.3) is 0 Å². The van der Waals surface area contributed by atoms with Gasteiger partial charge < -0.3 is 5.32 Å². The molecular formula is C12H9ClF3N3OS3. The molecule has 0 radical (unpaired) electrons. The molecule has 0 saturated heterocycles. The zero-order valence-electron chi connectivity index (χ0n) is 11.5.